The summed E-state index contributed by atoms with van der Waals surface area (Å²) >= 11 is 0. The van der Waals surface area contributed by atoms with Crippen LogP contribution >= 0.6 is 12.4 Å². The van der Waals surface area contributed by atoms with Crippen molar-refractivity contribution in [2.75, 3.05) is 18.4 Å². The number of rotatable bonds is 5. The second-order valence-corrected chi connectivity index (χ2v) is 7.45. The van der Waals surface area contributed by atoms with Crippen LogP contribution in [0.2, 0.25) is 0 Å². The summed E-state index contributed by atoms with van der Waals surface area (Å²) in [5.74, 6) is 0.325. The highest BCUT2D eigenvalue weighted by atomic mass is 35.5. The summed E-state index contributed by atoms with van der Waals surface area (Å²) in [6.45, 7) is 5.95. The SMILES string of the molecule is CC(C)NC(=O)Cc1ccc(NC(=O)C2CC23CCNCC3)cc1.Cl. The first-order chi connectivity index (χ1) is 11.5. The van der Waals surface area contributed by atoms with Crippen molar-refractivity contribution in [2.45, 2.75) is 45.6 Å². The van der Waals surface area contributed by atoms with Gasteiger partial charge in [-0.2, -0.15) is 0 Å². The Kier molecular flexibility index (Phi) is 6.47. The van der Waals surface area contributed by atoms with Crippen molar-refractivity contribution in [3.63, 3.8) is 0 Å². The van der Waals surface area contributed by atoms with E-state index in [9.17, 15) is 9.59 Å². The average Bonchev–Trinajstić information content (AvgIpc) is 3.22. The molecule has 2 aliphatic rings. The molecule has 1 unspecified atom stereocenters. The third-order valence-corrected chi connectivity index (χ3v) is 5.14. The first-order valence-electron chi connectivity index (χ1n) is 8.88. The molecule has 138 valence electrons. The molecule has 0 bridgehead atoms. The topological polar surface area (TPSA) is 70.2 Å². The van der Waals surface area contributed by atoms with Gasteiger partial charge in [-0.25, -0.2) is 0 Å². The van der Waals surface area contributed by atoms with Crippen LogP contribution in [0.4, 0.5) is 5.69 Å². The van der Waals surface area contributed by atoms with Gasteiger partial charge < -0.3 is 16.0 Å². The maximum Gasteiger partial charge on any atom is 0.228 e. The molecule has 1 aliphatic carbocycles. The van der Waals surface area contributed by atoms with Gasteiger partial charge in [0.15, 0.2) is 0 Å². The van der Waals surface area contributed by atoms with E-state index in [1.165, 1.54) is 0 Å². The molecule has 2 amide bonds. The average molecular weight is 366 g/mol. The zero-order valence-electron chi connectivity index (χ0n) is 14.9. The van der Waals surface area contributed by atoms with Crippen molar-refractivity contribution < 1.29 is 9.59 Å². The first-order valence-corrected chi connectivity index (χ1v) is 8.88. The van der Waals surface area contributed by atoms with Gasteiger partial charge in [0.05, 0.1) is 6.42 Å². The fraction of sp³-hybridized carbons (Fsp3) is 0.579. The monoisotopic (exact) mass is 365 g/mol. The minimum Gasteiger partial charge on any atom is -0.354 e. The van der Waals surface area contributed by atoms with Crippen LogP contribution in [-0.2, 0) is 16.0 Å². The molecular formula is C19H28ClN3O2. The lowest BCUT2D eigenvalue weighted by Crippen LogP contribution is -2.31. The summed E-state index contributed by atoms with van der Waals surface area (Å²) in [6, 6.07) is 7.73. The molecule has 1 saturated carbocycles. The fourth-order valence-electron chi connectivity index (χ4n) is 3.69. The molecule has 5 nitrogen and oxygen atoms in total. The molecule has 3 rings (SSSR count). The van der Waals surface area contributed by atoms with Crippen LogP contribution in [0.25, 0.3) is 0 Å². The van der Waals surface area contributed by atoms with Crippen molar-refractivity contribution in [1.82, 2.24) is 10.6 Å². The maximum absolute atomic E-state index is 12.4. The van der Waals surface area contributed by atoms with Crippen molar-refractivity contribution in [3.8, 4) is 0 Å². The van der Waals surface area contributed by atoms with Crippen LogP contribution in [0.15, 0.2) is 24.3 Å². The van der Waals surface area contributed by atoms with Crippen molar-refractivity contribution in [3.05, 3.63) is 29.8 Å². The lowest BCUT2D eigenvalue weighted by molar-refractivity contribution is -0.121. The summed E-state index contributed by atoms with van der Waals surface area (Å²) in [7, 11) is 0. The predicted molar refractivity (Wildman–Crippen MR) is 102 cm³/mol. The van der Waals surface area contributed by atoms with Gasteiger partial charge in [-0.3, -0.25) is 9.59 Å². The summed E-state index contributed by atoms with van der Waals surface area (Å²) in [6.07, 6.45) is 3.60. The Morgan fingerprint density at radius 3 is 2.44 bits per heavy atom. The minimum absolute atomic E-state index is 0. The molecule has 1 aromatic carbocycles. The smallest absolute Gasteiger partial charge is 0.228 e. The number of benzene rings is 1. The van der Waals surface area contributed by atoms with E-state index in [4.69, 9.17) is 0 Å². The summed E-state index contributed by atoms with van der Waals surface area (Å²) in [5.41, 5.74) is 2.01. The Balaban J connectivity index is 0.00000225. The van der Waals surface area contributed by atoms with Crippen molar-refractivity contribution in [1.29, 1.82) is 0 Å². The quantitative estimate of drug-likeness (QED) is 0.750. The number of hydrogen-bond acceptors (Lipinski definition) is 3. The van der Waals surface area contributed by atoms with E-state index in [-0.39, 0.29) is 41.6 Å². The lowest BCUT2D eigenvalue weighted by atomic mass is 9.92. The number of carbonyl (C=O) groups is 2. The van der Waals surface area contributed by atoms with Gasteiger partial charge >= 0.3 is 0 Å². The van der Waals surface area contributed by atoms with Gasteiger partial charge in [0, 0.05) is 17.6 Å². The number of piperidine rings is 1. The molecule has 0 aromatic heterocycles. The molecule has 2 fully saturated rings. The first kappa shape index (κ1) is 19.7. The summed E-state index contributed by atoms with van der Waals surface area (Å²) < 4.78 is 0. The van der Waals surface area contributed by atoms with E-state index in [1.807, 2.05) is 38.1 Å². The number of halogens is 1. The van der Waals surface area contributed by atoms with Crippen molar-refractivity contribution in [2.24, 2.45) is 11.3 Å². The highest BCUT2D eigenvalue weighted by molar-refractivity contribution is 5.95. The Morgan fingerprint density at radius 2 is 1.84 bits per heavy atom. The maximum atomic E-state index is 12.4. The molecule has 3 N–H and O–H groups in total. The Morgan fingerprint density at radius 1 is 1.20 bits per heavy atom. The highest BCUT2D eigenvalue weighted by Crippen LogP contribution is 2.58. The van der Waals surface area contributed by atoms with Gasteiger partial charge in [0.1, 0.15) is 0 Å². The molecule has 0 radical (unpaired) electrons. The van der Waals surface area contributed by atoms with E-state index >= 15 is 0 Å². The second kappa shape index (κ2) is 8.19. The van der Waals surface area contributed by atoms with E-state index in [2.05, 4.69) is 16.0 Å². The Hall–Kier alpha value is -1.59. The number of hydrogen-bond donors (Lipinski definition) is 3. The van der Waals surface area contributed by atoms with Crippen LogP contribution in [0.3, 0.4) is 0 Å². The largest absolute Gasteiger partial charge is 0.354 e. The fourth-order valence-corrected chi connectivity index (χ4v) is 3.69. The van der Waals surface area contributed by atoms with Crippen LogP contribution in [0, 0.1) is 11.3 Å². The van der Waals surface area contributed by atoms with Gasteiger partial charge in [-0.05, 0) is 69.3 Å². The van der Waals surface area contributed by atoms with Crippen molar-refractivity contribution >= 4 is 29.9 Å². The molecule has 1 aromatic rings. The number of nitrogens with one attached hydrogen (secondary N) is 3. The normalized spacial score (nSPS) is 20.7. The highest BCUT2D eigenvalue weighted by Gasteiger charge is 2.57. The zero-order chi connectivity index (χ0) is 17.2. The molecule has 25 heavy (non-hydrogen) atoms. The standard InChI is InChI=1S/C19H27N3O2.ClH/c1-13(2)21-17(23)11-14-3-5-15(6-4-14)22-18(24)16-12-19(16)7-9-20-10-8-19;/h3-6,13,16,20H,7-12H2,1-2H3,(H,21,23)(H,22,24);1H. The molecule has 1 saturated heterocycles. The summed E-state index contributed by atoms with van der Waals surface area (Å²) in [4.78, 5) is 24.2. The molecule has 1 spiro atoms. The molecule has 1 heterocycles. The lowest BCUT2D eigenvalue weighted by Gasteiger charge is -2.23. The van der Waals surface area contributed by atoms with Gasteiger partial charge in [-0.15, -0.1) is 12.4 Å². The van der Waals surface area contributed by atoms with E-state index < -0.39 is 0 Å². The van der Waals surface area contributed by atoms with Crippen LogP contribution in [-0.4, -0.2) is 30.9 Å². The van der Waals surface area contributed by atoms with E-state index in [0.717, 1.165) is 43.6 Å². The number of amides is 2. The third-order valence-electron chi connectivity index (χ3n) is 5.14. The Labute approximate surface area is 155 Å². The van der Waals surface area contributed by atoms with Gasteiger partial charge in [0.2, 0.25) is 11.8 Å². The predicted octanol–water partition coefficient (Wildman–Crippen LogP) is 2.50. The third kappa shape index (κ3) is 4.95. The van der Waals surface area contributed by atoms with Crippen LogP contribution < -0.4 is 16.0 Å². The Bertz CT molecular complexity index is 610. The molecule has 1 atom stereocenters. The minimum atomic E-state index is 0. The van der Waals surface area contributed by atoms with E-state index in [0.29, 0.717) is 6.42 Å². The molecule has 6 heteroatoms. The number of carbonyl (C=O) groups excluding carboxylic acids is 2. The van der Waals surface area contributed by atoms with Gasteiger partial charge in [0.25, 0.3) is 0 Å². The molecular weight excluding hydrogens is 338 g/mol. The second-order valence-electron chi connectivity index (χ2n) is 7.45. The van der Waals surface area contributed by atoms with Crippen LogP contribution in [0.5, 0.6) is 0 Å². The van der Waals surface area contributed by atoms with Gasteiger partial charge in [-0.1, -0.05) is 12.1 Å². The summed E-state index contributed by atoms with van der Waals surface area (Å²) in [5, 5.41) is 9.27. The van der Waals surface area contributed by atoms with Crippen LogP contribution in [0.1, 0.15) is 38.7 Å². The molecule has 1 aliphatic heterocycles. The number of anilines is 1. The van der Waals surface area contributed by atoms with E-state index in [1.54, 1.807) is 0 Å². The zero-order valence-corrected chi connectivity index (χ0v) is 15.7.